The van der Waals surface area contributed by atoms with Gasteiger partial charge in [-0.25, -0.2) is 14.6 Å². The number of pyridine rings is 1. The molecule has 0 aliphatic carbocycles. The van der Waals surface area contributed by atoms with Crippen LogP contribution in [0.4, 0.5) is 11.5 Å². The molecule has 0 amide bonds. The number of esters is 1. The zero-order chi connectivity index (χ0) is 16.3. The van der Waals surface area contributed by atoms with E-state index in [0.717, 1.165) is 19.4 Å². The summed E-state index contributed by atoms with van der Waals surface area (Å²) in [6.07, 6.45) is 1.15. The number of aliphatic carboxylic acids is 1. The lowest BCUT2D eigenvalue weighted by atomic mass is 10.2. The number of nitrogens with zero attached hydrogens (tertiary/aromatic N) is 3. The molecule has 1 saturated heterocycles. The zero-order valence-electron chi connectivity index (χ0n) is 11.6. The van der Waals surface area contributed by atoms with Crippen LogP contribution in [0.1, 0.15) is 10.4 Å². The molecule has 0 spiro atoms. The van der Waals surface area contributed by atoms with E-state index in [2.05, 4.69) is 9.72 Å². The van der Waals surface area contributed by atoms with Crippen LogP contribution >= 0.6 is 11.8 Å². The van der Waals surface area contributed by atoms with E-state index in [1.807, 2.05) is 0 Å². The lowest BCUT2D eigenvalue weighted by Gasteiger charge is -2.33. The Morgan fingerprint density at radius 2 is 2.32 bits per heavy atom. The molecule has 2 heterocycles. The molecular formula is C12H13N3O6S. The van der Waals surface area contributed by atoms with Crippen molar-refractivity contribution in [2.75, 3.05) is 30.1 Å². The molecular weight excluding hydrogens is 314 g/mol. The molecule has 22 heavy (non-hydrogen) atoms. The summed E-state index contributed by atoms with van der Waals surface area (Å²) in [6, 6.07) is 0.156. The molecule has 9 nitrogen and oxygen atoms in total. The smallest absolute Gasteiger partial charge is 0.339 e. The van der Waals surface area contributed by atoms with Crippen molar-refractivity contribution in [3.05, 3.63) is 27.9 Å². The first-order chi connectivity index (χ1) is 10.5. The van der Waals surface area contributed by atoms with Crippen molar-refractivity contribution in [2.45, 2.75) is 6.04 Å². The maximum absolute atomic E-state index is 11.5. The predicted molar refractivity (Wildman–Crippen MR) is 78.3 cm³/mol. The van der Waals surface area contributed by atoms with E-state index in [9.17, 15) is 24.8 Å². The van der Waals surface area contributed by atoms with Gasteiger partial charge in [0, 0.05) is 30.3 Å². The Bertz CT molecular complexity index is 623. The number of carbonyl (C=O) groups excluding carboxylic acids is 1. The summed E-state index contributed by atoms with van der Waals surface area (Å²) in [6.45, 7) is 0.326. The van der Waals surface area contributed by atoms with Gasteiger partial charge in [0.1, 0.15) is 6.04 Å². The highest BCUT2D eigenvalue weighted by atomic mass is 32.2. The highest BCUT2D eigenvalue weighted by Crippen LogP contribution is 2.31. The Kier molecular flexibility index (Phi) is 4.81. The van der Waals surface area contributed by atoms with Gasteiger partial charge in [-0.3, -0.25) is 10.1 Å². The minimum Gasteiger partial charge on any atom is -0.480 e. The Morgan fingerprint density at radius 3 is 2.91 bits per heavy atom. The van der Waals surface area contributed by atoms with Crippen LogP contribution in [0.25, 0.3) is 0 Å². The van der Waals surface area contributed by atoms with Gasteiger partial charge in [-0.2, -0.15) is 11.8 Å². The van der Waals surface area contributed by atoms with Gasteiger partial charge in [0.15, 0.2) is 0 Å². The first-order valence-electron chi connectivity index (χ1n) is 6.25. The van der Waals surface area contributed by atoms with Gasteiger partial charge in [0.2, 0.25) is 5.82 Å². The number of hydrogen-bond donors (Lipinski definition) is 1. The minimum atomic E-state index is -1.07. The number of ether oxygens (including phenoxy) is 1. The lowest BCUT2D eigenvalue weighted by molar-refractivity contribution is -0.384. The van der Waals surface area contributed by atoms with Gasteiger partial charge >= 0.3 is 17.6 Å². The summed E-state index contributed by atoms with van der Waals surface area (Å²) in [7, 11) is 1.16. The molecule has 0 saturated carbocycles. The van der Waals surface area contributed by atoms with E-state index < -0.39 is 28.6 Å². The maximum atomic E-state index is 11.5. The molecule has 1 N–H and O–H groups in total. The molecule has 1 aliphatic rings. The number of methoxy groups -OCH3 is 1. The number of hydrogen-bond acceptors (Lipinski definition) is 8. The first-order valence-corrected chi connectivity index (χ1v) is 7.41. The molecule has 1 unspecified atom stereocenters. The Morgan fingerprint density at radius 1 is 1.59 bits per heavy atom. The average molecular weight is 327 g/mol. The van der Waals surface area contributed by atoms with Crippen molar-refractivity contribution < 1.29 is 24.4 Å². The van der Waals surface area contributed by atoms with Gasteiger partial charge in [-0.1, -0.05) is 0 Å². The number of nitro groups is 1. The average Bonchev–Trinajstić information content (AvgIpc) is 2.53. The van der Waals surface area contributed by atoms with Crippen LogP contribution in [0.2, 0.25) is 0 Å². The van der Waals surface area contributed by atoms with Crippen molar-refractivity contribution in [1.29, 1.82) is 0 Å². The number of thioether (sulfide) groups is 1. The fraction of sp³-hybridized carbons (Fsp3) is 0.417. The predicted octanol–water partition coefficient (Wildman–Crippen LogP) is 0.783. The van der Waals surface area contributed by atoms with E-state index in [0.29, 0.717) is 18.1 Å². The second kappa shape index (κ2) is 6.60. The van der Waals surface area contributed by atoms with E-state index in [-0.39, 0.29) is 11.4 Å². The zero-order valence-corrected chi connectivity index (χ0v) is 12.4. The monoisotopic (exact) mass is 327 g/mol. The van der Waals surface area contributed by atoms with Crippen LogP contribution in [0.5, 0.6) is 0 Å². The van der Waals surface area contributed by atoms with Crippen molar-refractivity contribution in [3.8, 4) is 0 Å². The van der Waals surface area contributed by atoms with Gasteiger partial charge < -0.3 is 14.7 Å². The third-order valence-electron chi connectivity index (χ3n) is 3.15. The van der Waals surface area contributed by atoms with Gasteiger partial charge in [0.05, 0.1) is 17.6 Å². The molecule has 0 radical (unpaired) electrons. The third-order valence-corrected chi connectivity index (χ3v) is 4.17. The van der Waals surface area contributed by atoms with E-state index in [1.165, 1.54) is 16.7 Å². The summed E-state index contributed by atoms with van der Waals surface area (Å²) in [4.78, 5) is 38.6. The highest BCUT2D eigenvalue weighted by molar-refractivity contribution is 7.99. The second-order valence-electron chi connectivity index (χ2n) is 4.44. The summed E-state index contributed by atoms with van der Waals surface area (Å²) >= 11 is 1.46. The van der Waals surface area contributed by atoms with Crippen LogP contribution < -0.4 is 4.90 Å². The Balaban J connectivity index is 2.47. The standard InChI is InChI=1S/C12H13N3O6S/c1-21-12(18)7-4-8(15(19)20)10(13-5-7)14-2-3-22-6-9(14)11(16)17/h4-5,9H,2-3,6H2,1H3,(H,16,17). The molecule has 1 aromatic rings. The molecule has 0 aromatic carbocycles. The molecule has 1 atom stereocenters. The molecule has 1 aromatic heterocycles. The quantitative estimate of drug-likeness (QED) is 0.485. The number of carboxylic acids is 1. The summed E-state index contributed by atoms with van der Waals surface area (Å²) in [5.74, 6) is -0.911. The summed E-state index contributed by atoms with van der Waals surface area (Å²) < 4.78 is 4.50. The van der Waals surface area contributed by atoms with Gasteiger partial charge in [-0.05, 0) is 0 Å². The summed E-state index contributed by atoms with van der Waals surface area (Å²) in [5, 5.41) is 20.5. The maximum Gasteiger partial charge on any atom is 0.339 e. The number of carbonyl (C=O) groups is 2. The third kappa shape index (κ3) is 3.11. The van der Waals surface area contributed by atoms with Crippen LogP contribution in [0.3, 0.4) is 0 Å². The molecule has 1 aliphatic heterocycles. The molecule has 0 bridgehead atoms. The SMILES string of the molecule is COC(=O)c1cnc(N2CCSCC2C(=O)O)c([N+](=O)[O-])c1. The molecule has 2 rings (SSSR count). The van der Waals surface area contributed by atoms with Gasteiger partial charge in [0.25, 0.3) is 0 Å². The minimum absolute atomic E-state index is 0.0506. The normalized spacial score (nSPS) is 17.9. The van der Waals surface area contributed by atoms with Crippen molar-refractivity contribution in [2.24, 2.45) is 0 Å². The lowest BCUT2D eigenvalue weighted by Crippen LogP contribution is -2.48. The molecule has 10 heteroatoms. The van der Waals surface area contributed by atoms with Crippen LogP contribution in [-0.4, -0.2) is 58.2 Å². The van der Waals surface area contributed by atoms with E-state index in [4.69, 9.17) is 0 Å². The fourth-order valence-corrected chi connectivity index (χ4v) is 3.13. The van der Waals surface area contributed by atoms with Crippen LogP contribution in [0.15, 0.2) is 12.3 Å². The van der Waals surface area contributed by atoms with Crippen molar-refractivity contribution in [1.82, 2.24) is 4.98 Å². The Labute approximate surface area is 129 Å². The van der Waals surface area contributed by atoms with E-state index in [1.54, 1.807) is 0 Å². The summed E-state index contributed by atoms with van der Waals surface area (Å²) in [5.41, 5.74) is -0.475. The number of aromatic nitrogens is 1. The molecule has 118 valence electrons. The van der Waals surface area contributed by atoms with Crippen molar-refractivity contribution >= 4 is 35.2 Å². The topological polar surface area (TPSA) is 123 Å². The van der Waals surface area contributed by atoms with Crippen LogP contribution in [-0.2, 0) is 9.53 Å². The largest absolute Gasteiger partial charge is 0.480 e. The number of anilines is 1. The van der Waals surface area contributed by atoms with E-state index >= 15 is 0 Å². The van der Waals surface area contributed by atoms with Crippen LogP contribution in [0, 0.1) is 10.1 Å². The first kappa shape index (κ1) is 16.0. The number of carboxylic acid groups (broad SMARTS) is 1. The second-order valence-corrected chi connectivity index (χ2v) is 5.59. The number of rotatable bonds is 4. The Hall–Kier alpha value is -2.36. The highest BCUT2D eigenvalue weighted by Gasteiger charge is 2.34. The molecule has 1 fully saturated rings. The van der Waals surface area contributed by atoms with Crippen molar-refractivity contribution in [3.63, 3.8) is 0 Å². The van der Waals surface area contributed by atoms with Gasteiger partial charge in [-0.15, -0.1) is 0 Å². The fourth-order valence-electron chi connectivity index (χ4n) is 2.09.